The number of piperidine rings is 1. The van der Waals surface area contributed by atoms with E-state index < -0.39 is 22.9 Å². The molecule has 2 aromatic rings. The highest BCUT2D eigenvalue weighted by Gasteiger charge is 2.54. The number of nitrogens with two attached hydrogens (primary N) is 1. The maximum atomic E-state index is 13.8. The number of halogens is 1. The Hall–Kier alpha value is -3.43. The van der Waals surface area contributed by atoms with Crippen LogP contribution in [0.1, 0.15) is 25.8 Å². The number of benzene rings is 2. The van der Waals surface area contributed by atoms with Crippen LogP contribution in [0.25, 0.3) is 0 Å². The molecule has 2 atom stereocenters. The molecule has 37 heavy (non-hydrogen) atoms. The summed E-state index contributed by atoms with van der Waals surface area (Å²) in [6.07, 6.45) is 0.873. The molecular weight excluding hydrogens is 494 g/mol. The number of fused-ring (bicyclic) bond motifs is 1. The third kappa shape index (κ3) is 5.78. The van der Waals surface area contributed by atoms with Crippen molar-refractivity contribution in [3.63, 3.8) is 0 Å². The number of ether oxygens (including phenoxy) is 1. The molecule has 0 aromatic heterocycles. The van der Waals surface area contributed by atoms with Crippen LogP contribution in [0.3, 0.4) is 0 Å². The third-order valence-electron chi connectivity index (χ3n) is 6.67. The van der Waals surface area contributed by atoms with Crippen LogP contribution in [0.15, 0.2) is 59.7 Å². The van der Waals surface area contributed by atoms with Gasteiger partial charge in [-0.05, 0) is 44.0 Å². The molecule has 2 aliphatic heterocycles. The third-order valence-corrected chi connectivity index (χ3v) is 6.90. The molecule has 0 saturated carbocycles. The van der Waals surface area contributed by atoms with Gasteiger partial charge in [0.05, 0.1) is 11.3 Å². The summed E-state index contributed by atoms with van der Waals surface area (Å²) in [7, 11) is 1.64. The van der Waals surface area contributed by atoms with E-state index in [1.54, 1.807) is 50.1 Å². The second-order valence-electron chi connectivity index (χ2n) is 10.1. The van der Waals surface area contributed by atoms with Gasteiger partial charge in [0.1, 0.15) is 23.8 Å². The highest BCUT2D eigenvalue weighted by molar-refractivity contribution is 6.30. The van der Waals surface area contributed by atoms with Gasteiger partial charge in [-0.3, -0.25) is 14.4 Å². The molecule has 9 nitrogen and oxygen atoms in total. The Bertz CT molecular complexity index is 1210. The monoisotopic (exact) mass is 525 g/mol. The van der Waals surface area contributed by atoms with Crippen molar-refractivity contribution < 1.29 is 19.1 Å². The topological polar surface area (TPSA) is 117 Å². The molecule has 1 unspecified atom stereocenters. The molecule has 2 aliphatic rings. The van der Waals surface area contributed by atoms with Gasteiger partial charge in [-0.25, -0.2) is 5.01 Å². The predicted molar refractivity (Wildman–Crippen MR) is 141 cm³/mol. The zero-order valence-electron chi connectivity index (χ0n) is 21.2. The van der Waals surface area contributed by atoms with Crippen LogP contribution in [0, 0.1) is 5.41 Å². The summed E-state index contributed by atoms with van der Waals surface area (Å²) in [6.45, 7) is 3.52. The lowest BCUT2D eigenvalue weighted by Crippen LogP contribution is -2.62. The highest BCUT2D eigenvalue weighted by Crippen LogP contribution is 2.38. The quantitative estimate of drug-likeness (QED) is 0.548. The van der Waals surface area contributed by atoms with Crippen LogP contribution in [-0.4, -0.2) is 71.7 Å². The Morgan fingerprint density at radius 3 is 2.62 bits per heavy atom. The number of nitrogens with one attached hydrogen (secondary N) is 1. The van der Waals surface area contributed by atoms with Crippen LogP contribution in [0.5, 0.6) is 5.75 Å². The Labute approximate surface area is 221 Å². The van der Waals surface area contributed by atoms with Crippen molar-refractivity contribution in [2.45, 2.75) is 38.3 Å². The average Bonchev–Trinajstić information content (AvgIpc) is 3.10. The smallest absolute Gasteiger partial charge is 0.256 e. The number of amides is 3. The summed E-state index contributed by atoms with van der Waals surface area (Å²) in [4.78, 5) is 41.6. The van der Waals surface area contributed by atoms with Crippen LogP contribution in [-0.2, 0) is 20.8 Å². The molecule has 2 aromatic carbocycles. The van der Waals surface area contributed by atoms with E-state index in [0.29, 0.717) is 30.2 Å². The van der Waals surface area contributed by atoms with E-state index in [-0.39, 0.29) is 25.0 Å². The number of nitrogens with zero attached hydrogens (tertiary/aromatic N) is 3. The fraction of sp³-hybridized carbons (Fsp3) is 0.407. The first-order chi connectivity index (χ1) is 17.5. The van der Waals surface area contributed by atoms with Gasteiger partial charge in [0, 0.05) is 31.6 Å². The fourth-order valence-corrected chi connectivity index (χ4v) is 4.87. The summed E-state index contributed by atoms with van der Waals surface area (Å²) >= 11 is 6.06. The first kappa shape index (κ1) is 26.6. The average molecular weight is 526 g/mol. The second kappa shape index (κ2) is 10.5. The Balaban J connectivity index is 1.58. The van der Waals surface area contributed by atoms with Crippen LogP contribution >= 0.6 is 11.6 Å². The van der Waals surface area contributed by atoms with E-state index in [0.717, 1.165) is 11.3 Å². The maximum Gasteiger partial charge on any atom is 0.256 e. The van der Waals surface area contributed by atoms with Gasteiger partial charge in [-0.2, -0.15) is 5.10 Å². The Kier molecular flexibility index (Phi) is 7.57. The van der Waals surface area contributed by atoms with Crippen LogP contribution < -0.4 is 15.8 Å². The molecule has 1 saturated heterocycles. The van der Waals surface area contributed by atoms with Gasteiger partial charge in [-0.15, -0.1) is 0 Å². The lowest BCUT2D eigenvalue weighted by atomic mass is 9.73. The van der Waals surface area contributed by atoms with Gasteiger partial charge in [0.15, 0.2) is 0 Å². The molecule has 10 heteroatoms. The van der Waals surface area contributed by atoms with Crippen LogP contribution in [0.4, 0.5) is 0 Å². The van der Waals surface area contributed by atoms with Gasteiger partial charge >= 0.3 is 0 Å². The molecular formula is C27H32ClN5O4. The highest BCUT2D eigenvalue weighted by atomic mass is 35.5. The van der Waals surface area contributed by atoms with Crippen molar-refractivity contribution in [3.8, 4) is 5.75 Å². The van der Waals surface area contributed by atoms with Crippen molar-refractivity contribution >= 4 is 35.0 Å². The molecule has 3 amide bonds. The number of rotatable bonds is 8. The zero-order chi connectivity index (χ0) is 26.8. The van der Waals surface area contributed by atoms with E-state index >= 15 is 0 Å². The van der Waals surface area contributed by atoms with Crippen molar-refractivity contribution in [3.05, 3.63) is 65.2 Å². The van der Waals surface area contributed by atoms with Gasteiger partial charge < -0.3 is 20.7 Å². The number of carbonyl (C=O) groups is 3. The van der Waals surface area contributed by atoms with E-state index in [1.807, 2.05) is 30.3 Å². The number of hydrazone groups is 1. The Morgan fingerprint density at radius 1 is 1.22 bits per heavy atom. The van der Waals surface area contributed by atoms with Gasteiger partial charge in [-0.1, -0.05) is 48.0 Å². The van der Waals surface area contributed by atoms with Crippen molar-refractivity contribution in [1.29, 1.82) is 0 Å². The van der Waals surface area contributed by atoms with E-state index in [9.17, 15) is 14.4 Å². The standard InChI is InChI=1S/C27H32ClN5O4/c1-26(2,29)24(35)30-21(16-37-20-11-7-10-19(28)14-20)23(34)33-13-12-22-27(17-33,25(36)32(3)31-22)15-18-8-5-4-6-9-18/h4-11,14,21H,12-13,15-17,29H2,1-3H3,(H,30,35)/t21?,27-/m1/s1. The van der Waals surface area contributed by atoms with Gasteiger partial charge in [0.2, 0.25) is 11.8 Å². The molecule has 2 heterocycles. The zero-order valence-corrected chi connectivity index (χ0v) is 22.0. The summed E-state index contributed by atoms with van der Waals surface area (Å²) in [5.41, 5.74) is 5.57. The summed E-state index contributed by atoms with van der Waals surface area (Å²) in [5.74, 6) is -0.528. The second-order valence-corrected chi connectivity index (χ2v) is 10.6. The summed E-state index contributed by atoms with van der Waals surface area (Å²) < 4.78 is 5.83. The number of hydrogen-bond acceptors (Lipinski definition) is 6. The van der Waals surface area contributed by atoms with Gasteiger partial charge in [0.25, 0.3) is 5.91 Å². The molecule has 0 bridgehead atoms. The summed E-state index contributed by atoms with van der Waals surface area (Å²) in [6, 6.07) is 15.5. The van der Waals surface area contributed by atoms with Crippen LogP contribution in [0.2, 0.25) is 5.02 Å². The van der Waals surface area contributed by atoms with E-state index in [1.165, 1.54) is 5.01 Å². The number of carbonyl (C=O) groups excluding carboxylic acids is 3. The maximum absolute atomic E-state index is 13.8. The lowest BCUT2D eigenvalue weighted by Gasteiger charge is -2.40. The minimum atomic E-state index is -1.20. The minimum absolute atomic E-state index is 0.127. The lowest BCUT2D eigenvalue weighted by molar-refractivity contribution is -0.143. The predicted octanol–water partition coefficient (Wildman–Crippen LogP) is 2.23. The Morgan fingerprint density at radius 2 is 1.95 bits per heavy atom. The van der Waals surface area contributed by atoms with Crippen molar-refractivity contribution in [1.82, 2.24) is 15.2 Å². The number of hydrogen-bond donors (Lipinski definition) is 2. The van der Waals surface area contributed by atoms with E-state index in [4.69, 9.17) is 22.1 Å². The normalized spacial score (nSPS) is 20.2. The molecule has 0 radical (unpaired) electrons. The molecule has 0 spiro atoms. The van der Waals surface area contributed by atoms with Crippen molar-refractivity contribution in [2.75, 3.05) is 26.7 Å². The van der Waals surface area contributed by atoms with Crippen molar-refractivity contribution in [2.24, 2.45) is 16.3 Å². The number of likely N-dealkylation sites (tertiary alicyclic amines) is 1. The molecule has 196 valence electrons. The molecule has 1 fully saturated rings. The minimum Gasteiger partial charge on any atom is -0.491 e. The molecule has 0 aliphatic carbocycles. The first-order valence-electron chi connectivity index (χ1n) is 12.2. The molecule has 3 N–H and O–H groups in total. The summed E-state index contributed by atoms with van der Waals surface area (Å²) in [5, 5.41) is 9.10. The molecule has 4 rings (SSSR count). The SMILES string of the molecule is CN1N=C2CCN(C(=O)C(COc3cccc(Cl)c3)NC(=O)C(C)(C)N)C[C@@]2(Cc2ccccc2)C1=O. The largest absolute Gasteiger partial charge is 0.491 e. The van der Waals surface area contributed by atoms with E-state index in [2.05, 4.69) is 10.4 Å². The first-order valence-corrected chi connectivity index (χ1v) is 12.5. The fourth-order valence-electron chi connectivity index (χ4n) is 4.69.